The van der Waals surface area contributed by atoms with Crippen LogP contribution in [0.25, 0.3) is 11.3 Å². The van der Waals surface area contributed by atoms with Crippen LogP contribution in [0, 0.1) is 12.7 Å². The molecule has 1 aromatic carbocycles. The maximum absolute atomic E-state index is 13.3. The molecule has 0 aliphatic carbocycles. The van der Waals surface area contributed by atoms with Gasteiger partial charge in [0.25, 0.3) is 5.91 Å². The number of amides is 1. The van der Waals surface area contributed by atoms with Gasteiger partial charge in [-0.15, -0.1) is 0 Å². The lowest BCUT2D eigenvalue weighted by atomic mass is 10.0. The number of halogens is 1. The fourth-order valence-corrected chi connectivity index (χ4v) is 2.89. The number of nitrogens with zero attached hydrogens (tertiary/aromatic N) is 4. The normalized spacial score (nSPS) is 12.2. The third-order valence-electron chi connectivity index (χ3n) is 4.10. The smallest absolute Gasteiger partial charge is 0.255 e. The summed E-state index contributed by atoms with van der Waals surface area (Å²) in [5.41, 5.74) is 3.50. The van der Waals surface area contributed by atoms with Gasteiger partial charge in [-0.1, -0.05) is 6.07 Å². The van der Waals surface area contributed by atoms with Gasteiger partial charge in [-0.3, -0.25) is 14.2 Å². The highest BCUT2D eigenvalue weighted by Gasteiger charge is 2.20. The van der Waals surface area contributed by atoms with Crippen molar-refractivity contribution >= 4 is 5.91 Å². The van der Waals surface area contributed by atoms with Crippen LogP contribution in [0.5, 0.6) is 0 Å². The van der Waals surface area contributed by atoms with Crippen molar-refractivity contribution in [3.63, 3.8) is 0 Å². The standard InChI is InChI=1S/C18H20FN5O/c1-11-7-14(19)5-6-15(11)12(2)21-18(25)16-10-24(4)22-17(16)13-8-20-23(3)9-13/h5-10,12H,1-4H3,(H,21,25)/t12-/m0/s1. The van der Waals surface area contributed by atoms with Gasteiger partial charge in [-0.25, -0.2) is 4.39 Å². The summed E-state index contributed by atoms with van der Waals surface area (Å²) >= 11 is 0. The second kappa shape index (κ2) is 6.51. The number of carbonyl (C=O) groups excluding carboxylic acids is 1. The zero-order valence-electron chi connectivity index (χ0n) is 14.6. The zero-order valence-corrected chi connectivity index (χ0v) is 14.6. The Morgan fingerprint density at radius 1 is 1.24 bits per heavy atom. The first kappa shape index (κ1) is 16.9. The SMILES string of the molecule is Cc1cc(F)ccc1[C@H](C)NC(=O)c1cn(C)nc1-c1cnn(C)c1. The van der Waals surface area contributed by atoms with Crippen LogP contribution in [0.3, 0.4) is 0 Å². The van der Waals surface area contributed by atoms with Crippen molar-refractivity contribution in [1.82, 2.24) is 24.9 Å². The highest BCUT2D eigenvalue weighted by atomic mass is 19.1. The fourth-order valence-electron chi connectivity index (χ4n) is 2.89. The lowest BCUT2D eigenvalue weighted by molar-refractivity contribution is 0.0940. The summed E-state index contributed by atoms with van der Waals surface area (Å²) in [5, 5.41) is 11.5. The predicted molar refractivity (Wildman–Crippen MR) is 92.4 cm³/mol. The molecule has 0 radical (unpaired) electrons. The van der Waals surface area contributed by atoms with E-state index in [1.54, 1.807) is 34.9 Å². The van der Waals surface area contributed by atoms with Crippen LogP contribution in [0.15, 0.2) is 36.8 Å². The summed E-state index contributed by atoms with van der Waals surface area (Å²) < 4.78 is 16.5. The van der Waals surface area contributed by atoms with E-state index in [0.29, 0.717) is 11.3 Å². The van der Waals surface area contributed by atoms with Crippen LogP contribution in [0.4, 0.5) is 4.39 Å². The van der Waals surface area contributed by atoms with Crippen molar-refractivity contribution in [3.8, 4) is 11.3 Å². The highest BCUT2D eigenvalue weighted by Crippen LogP contribution is 2.23. The number of aromatic nitrogens is 4. The molecule has 3 aromatic rings. The Hall–Kier alpha value is -2.96. The first-order valence-corrected chi connectivity index (χ1v) is 7.94. The number of hydrogen-bond donors (Lipinski definition) is 1. The van der Waals surface area contributed by atoms with Gasteiger partial charge in [-0.05, 0) is 37.1 Å². The van der Waals surface area contributed by atoms with Crippen LogP contribution in [0.1, 0.15) is 34.5 Å². The molecular formula is C18H20FN5O. The maximum Gasteiger partial charge on any atom is 0.255 e. The summed E-state index contributed by atoms with van der Waals surface area (Å²) in [6, 6.07) is 4.30. The molecule has 1 amide bonds. The highest BCUT2D eigenvalue weighted by molar-refractivity contribution is 5.99. The summed E-state index contributed by atoms with van der Waals surface area (Å²) in [5.74, 6) is -0.519. The third kappa shape index (κ3) is 3.45. The van der Waals surface area contributed by atoms with E-state index in [1.165, 1.54) is 12.1 Å². The average molecular weight is 341 g/mol. The van der Waals surface area contributed by atoms with E-state index in [0.717, 1.165) is 16.7 Å². The minimum atomic E-state index is -0.286. The molecule has 7 heteroatoms. The topological polar surface area (TPSA) is 64.7 Å². The largest absolute Gasteiger partial charge is 0.345 e. The Morgan fingerprint density at radius 2 is 2.00 bits per heavy atom. The minimum absolute atomic E-state index is 0.233. The van der Waals surface area contributed by atoms with Gasteiger partial charge in [0.15, 0.2) is 0 Å². The second-order valence-corrected chi connectivity index (χ2v) is 6.16. The van der Waals surface area contributed by atoms with Crippen molar-refractivity contribution in [1.29, 1.82) is 0 Å². The first-order chi connectivity index (χ1) is 11.8. The molecule has 6 nitrogen and oxygen atoms in total. The van der Waals surface area contributed by atoms with Crippen LogP contribution in [-0.4, -0.2) is 25.5 Å². The predicted octanol–water partition coefficient (Wildman–Crippen LogP) is 2.76. The molecule has 0 bridgehead atoms. The molecule has 2 aromatic heterocycles. The molecule has 25 heavy (non-hydrogen) atoms. The van der Waals surface area contributed by atoms with Gasteiger partial charge >= 0.3 is 0 Å². The fraction of sp³-hybridized carbons (Fsp3) is 0.278. The van der Waals surface area contributed by atoms with E-state index in [2.05, 4.69) is 15.5 Å². The van der Waals surface area contributed by atoms with Crippen LogP contribution >= 0.6 is 0 Å². The Labute approximate surface area is 145 Å². The Morgan fingerprint density at radius 3 is 2.64 bits per heavy atom. The molecule has 1 N–H and O–H groups in total. The molecule has 2 heterocycles. The molecule has 0 saturated carbocycles. The van der Waals surface area contributed by atoms with Crippen molar-refractivity contribution in [2.45, 2.75) is 19.9 Å². The van der Waals surface area contributed by atoms with Crippen LogP contribution in [0.2, 0.25) is 0 Å². The summed E-state index contributed by atoms with van der Waals surface area (Å²) in [6.45, 7) is 3.70. The number of benzene rings is 1. The molecule has 0 aliphatic rings. The molecule has 3 rings (SSSR count). The lowest BCUT2D eigenvalue weighted by Crippen LogP contribution is -2.27. The Kier molecular flexibility index (Phi) is 4.39. The minimum Gasteiger partial charge on any atom is -0.345 e. The first-order valence-electron chi connectivity index (χ1n) is 7.94. The van der Waals surface area contributed by atoms with Crippen molar-refractivity contribution in [2.24, 2.45) is 14.1 Å². The van der Waals surface area contributed by atoms with E-state index in [1.807, 2.05) is 27.1 Å². The molecule has 130 valence electrons. The number of rotatable bonds is 4. The number of carbonyl (C=O) groups is 1. The average Bonchev–Trinajstić information content (AvgIpc) is 3.12. The van der Waals surface area contributed by atoms with E-state index in [4.69, 9.17) is 0 Å². The van der Waals surface area contributed by atoms with Gasteiger partial charge in [0, 0.05) is 32.1 Å². The second-order valence-electron chi connectivity index (χ2n) is 6.16. The Bertz CT molecular complexity index is 927. The van der Waals surface area contributed by atoms with Gasteiger partial charge in [-0.2, -0.15) is 10.2 Å². The van der Waals surface area contributed by atoms with Gasteiger partial charge < -0.3 is 5.32 Å². The molecule has 0 aliphatic heterocycles. The monoisotopic (exact) mass is 341 g/mol. The summed E-state index contributed by atoms with van der Waals surface area (Å²) in [6.07, 6.45) is 5.17. The molecule has 0 saturated heterocycles. The van der Waals surface area contributed by atoms with E-state index >= 15 is 0 Å². The summed E-state index contributed by atoms with van der Waals surface area (Å²) in [7, 11) is 3.58. The quantitative estimate of drug-likeness (QED) is 0.793. The molecule has 0 unspecified atom stereocenters. The maximum atomic E-state index is 13.3. The van der Waals surface area contributed by atoms with Gasteiger partial charge in [0.1, 0.15) is 11.5 Å². The van der Waals surface area contributed by atoms with Crippen molar-refractivity contribution in [3.05, 3.63) is 59.3 Å². The molecule has 0 fully saturated rings. The molecule has 1 atom stereocenters. The van der Waals surface area contributed by atoms with Crippen LogP contribution < -0.4 is 5.32 Å². The lowest BCUT2D eigenvalue weighted by Gasteiger charge is -2.16. The number of hydrogen-bond acceptors (Lipinski definition) is 3. The van der Waals surface area contributed by atoms with Crippen molar-refractivity contribution in [2.75, 3.05) is 0 Å². The third-order valence-corrected chi connectivity index (χ3v) is 4.10. The molecular weight excluding hydrogens is 321 g/mol. The van der Waals surface area contributed by atoms with Gasteiger partial charge in [0.05, 0.1) is 17.8 Å². The van der Waals surface area contributed by atoms with Crippen molar-refractivity contribution < 1.29 is 9.18 Å². The van der Waals surface area contributed by atoms with E-state index in [-0.39, 0.29) is 17.8 Å². The van der Waals surface area contributed by atoms with E-state index < -0.39 is 0 Å². The Balaban J connectivity index is 1.86. The van der Waals surface area contributed by atoms with Gasteiger partial charge in [0.2, 0.25) is 0 Å². The number of nitrogens with one attached hydrogen (secondary N) is 1. The summed E-state index contributed by atoms with van der Waals surface area (Å²) in [4.78, 5) is 12.8. The van der Waals surface area contributed by atoms with E-state index in [9.17, 15) is 9.18 Å². The van der Waals surface area contributed by atoms with Crippen LogP contribution in [-0.2, 0) is 14.1 Å². The molecule has 0 spiro atoms. The zero-order chi connectivity index (χ0) is 18.1. The number of aryl methyl sites for hydroxylation is 3.